The van der Waals surface area contributed by atoms with Crippen LogP contribution in [0.2, 0.25) is 5.02 Å². The Labute approximate surface area is 122 Å². The zero-order valence-corrected chi connectivity index (χ0v) is 11.5. The van der Waals surface area contributed by atoms with Crippen molar-refractivity contribution in [3.63, 3.8) is 0 Å². The highest BCUT2D eigenvalue weighted by atomic mass is 35.5. The number of halogens is 1. The van der Waals surface area contributed by atoms with Gasteiger partial charge in [-0.25, -0.2) is 0 Å². The number of nitrogens with one attached hydrogen (secondary N) is 1. The Morgan fingerprint density at radius 2 is 2.10 bits per heavy atom. The summed E-state index contributed by atoms with van der Waals surface area (Å²) in [6.07, 6.45) is 0. The van der Waals surface area contributed by atoms with Gasteiger partial charge in [0.1, 0.15) is 18.2 Å². The predicted octanol–water partition coefficient (Wildman–Crippen LogP) is 3.33. The molecule has 3 N–H and O–H groups in total. The highest BCUT2D eigenvalue weighted by Crippen LogP contribution is 2.29. The largest absolute Gasteiger partial charge is 0.484 e. The Hall–Kier alpha value is -2.20. The summed E-state index contributed by atoms with van der Waals surface area (Å²) in [4.78, 5) is 4.50. The van der Waals surface area contributed by atoms with Gasteiger partial charge < -0.3 is 15.8 Å². The fourth-order valence-corrected chi connectivity index (χ4v) is 2.20. The number of benzene rings is 2. The van der Waals surface area contributed by atoms with Crippen molar-refractivity contribution in [1.29, 1.82) is 0 Å². The number of nitrogens with zero attached hydrogens (tertiary/aromatic N) is 1. The van der Waals surface area contributed by atoms with E-state index < -0.39 is 0 Å². The van der Waals surface area contributed by atoms with Crippen LogP contribution in [0.3, 0.4) is 0 Å². The zero-order chi connectivity index (χ0) is 13.9. The van der Waals surface area contributed by atoms with Crippen molar-refractivity contribution < 1.29 is 4.74 Å². The molecule has 1 aliphatic heterocycles. The molecule has 0 radical (unpaired) electrons. The number of nitrogens with two attached hydrogens (primary N) is 1. The lowest BCUT2D eigenvalue weighted by Crippen LogP contribution is -2.26. The predicted molar refractivity (Wildman–Crippen MR) is 82.6 cm³/mol. The summed E-state index contributed by atoms with van der Waals surface area (Å²) in [6, 6.07) is 13.2. The number of hydrogen-bond donors (Lipinski definition) is 2. The third-order valence-electron chi connectivity index (χ3n) is 3.05. The normalized spacial score (nSPS) is 15.3. The SMILES string of the molecule is Nc1ccc2c(c1)NC(=NCc1ccccc1Cl)CO2. The maximum Gasteiger partial charge on any atom is 0.146 e. The minimum atomic E-state index is 0.418. The third-order valence-corrected chi connectivity index (χ3v) is 3.41. The maximum absolute atomic E-state index is 6.11. The van der Waals surface area contributed by atoms with Gasteiger partial charge in [0.25, 0.3) is 0 Å². The second-order valence-corrected chi connectivity index (χ2v) is 4.93. The third kappa shape index (κ3) is 2.70. The molecule has 5 heteroatoms. The standard InChI is InChI=1S/C15H14ClN3O/c16-12-4-2-1-3-10(12)8-18-15-9-20-14-6-5-11(17)7-13(14)19-15/h1-7H,8-9,17H2,(H,18,19). The van der Waals surface area contributed by atoms with Crippen LogP contribution in [-0.2, 0) is 6.54 Å². The van der Waals surface area contributed by atoms with Crippen molar-refractivity contribution in [2.24, 2.45) is 4.99 Å². The minimum absolute atomic E-state index is 0.418. The second kappa shape index (κ2) is 5.43. The molecule has 2 aromatic carbocycles. The molecule has 1 aliphatic rings. The van der Waals surface area contributed by atoms with E-state index in [4.69, 9.17) is 22.1 Å². The Balaban J connectivity index is 1.76. The summed E-state index contributed by atoms with van der Waals surface area (Å²) >= 11 is 6.11. The van der Waals surface area contributed by atoms with Gasteiger partial charge in [0, 0.05) is 10.7 Å². The number of anilines is 2. The second-order valence-electron chi connectivity index (χ2n) is 4.52. The Kier molecular flexibility index (Phi) is 3.48. The molecule has 0 atom stereocenters. The lowest BCUT2D eigenvalue weighted by atomic mass is 10.2. The molecular weight excluding hydrogens is 274 g/mol. The first-order valence-corrected chi connectivity index (χ1v) is 6.66. The molecule has 4 nitrogen and oxygen atoms in total. The smallest absolute Gasteiger partial charge is 0.146 e. The molecule has 2 aromatic rings. The van der Waals surface area contributed by atoms with E-state index >= 15 is 0 Å². The monoisotopic (exact) mass is 287 g/mol. The summed E-state index contributed by atoms with van der Waals surface area (Å²) < 4.78 is 5.63. The van der Waals surface area contributed by atoms with Gasteiger partial charge in [-0.15, -0.1) is 0 Å². The van der Waals surface area contributed by atoms with Crippen LogP contribution in [0.15, 0.2) is 47.5 Å². The van der Waals surface area contributed by atoms with Gasteiger partial charge in [-0.2, -0.15) is 0 Å². The Morgan fingerprint density at radius 3 is 2.95 bits per heavy atom. The molecule has 1 heterocycles. The molecule has 0 aliphatic carbocycles. The van der Waals surface area contributed by atoms with Gasteiger partial charge >= 0.3 is 0 Å². The highest BCUT2D eigenvalue weighted by Gasteiger charge is 2.14. The van der Waals surface area contributed by atoms with Crippen molar-refractivity contribution in [2.45, 2.75) is 6.54 Å². The molecule has 0 unspecified atom stereocenters. The molecule has 0 amide bonds. The van der Waals surface area contributed by atoms with Crippen molar-refractivity contribution in [2.75, 3.05) is 17.7 Å². The molecule has 0 spiro atoms. The van der Waals surface area contributed by atoms with E-state index in [1.54, 1.807) is 0 Å². The quantitative estimate of drug-likeness (QED) is 0.833. The average Bonchev–Trinajstić information content (AvgIpc) is 2.46. The van der Waals surface area contributed by atoms with Crippen LogP contribution in [0.25, 0.3) is 0 Å². The van der Waals surface area contributed by atoms with Gasteiger partial charge in [-0.05, 0) is 29.8 Å². The van der Waals surface area contributed by atoms with E-state index in [9.17, 15) is 0 Å². The van der Waals surface area contributed by atoms with Crippen molar-refractivity contribution in [3.05, 3.63) is 53.1 Å². The summed E-state index contributed by atoms with van der Waals surface area (Å²) in [6.45, 7) is 0.935. The van der Waals surface area contributed by atoms with Crippen LogP contribution in [0.1, 0.15) is 5.56 Å². The van der Waals surface area contributed by atoms with Crippen LogP contribution < -0.4 is 15.8 Å². The lowest BCUT2D eigenvalue weighted by Gasteiger charge is -2.21. The molecule has 0 saturated heterocycles. The molecule has 0 saturated carbocycles. The van der Waals surface area contributed by atoms with Crippen molar-refractivity contribution >= 4 is 28.8 Å². The summed E-state index contributed by atoms with van der Waals surface area (Å²) in [5, 5.41) is 3.95. The number of fused-ring (bicyclic) bond motifs is 1. The number of aliphatic imine (C=N–C) groups is 1. The van der Waals surface area contributed by atoms with Gasteiger partial charge in [-0.1, -0.05) is 29.8 Å². The van der Waals surface area contributed by atoms with E-state index in [0.717, 1.165) is 27.9 Å². The van der Waals surface area contributed by atoms with Gasteiger partial charge in [0.05, 0.1) is 12.2 Å². The van der Waals surface area contributed by atoms with Crippen LogP contribution in [0.5, 0.6) is 5.75 Å². The fourth-order valence-electron chi connectivity index (χ4n) is 2.00. The van der Waals surface area contributed by atoms with Crippen LogP contribution >= 0.6 is 11.6 Å². The van der Waals surface area contributed by atoms with Gasteiger partial charge in [0.15, 0.2) is 0 Å². The van der Waals surface area contributed by atoms with Crippen molar-refractivity contribution in [1.82, 2.24) is 0 Å². The highest BCUT2D eigenvalue weighted by molar-refractivity contribution is 6.31. The van der Waals surface area contributed by atoms with E-state index in [1.165, 1.54) is 0 Å². The number of amidine groups is 1. The average molecular weight is 288 g/mol. The van der Waals surface area contributed by atoms with Crippen LogP contribution in [0, 0.1) is 0 Å². The van der Waals surface area contributed by atoms with Crippen LogP contribution in [0.4, 0.5) is 11.4 Å². The molecule has 0 fully saturated rings. The van der Waals surface area contributed by atoms with E-state index in [1.807, 2.05) is 42.5 Å². The molecule has 3 rings (SSSR count). The molecule has 102 valence electrons. The Bertz CT molecular complexity index is 670. The maximum atomic E-state index is 6.11. The molecule has 0 aromatic heterocycles. The van der Waals surface area contributed by atoms with Gasteiger partial charge in [0.2, 0.25) is 0 Å². The van der Waals surface area contributed by atoms with E-state index in [-0.39, 0.29) is 0 Å². The summed E-state index contributed by atoms with van der Waals surface area (Å²) in [7, 11) is 0. The lowest BCUT2D eigenvalue weighted by molar-refractivity contribution is 0.372. The minimum Gasteiger partial charge on any atom is -0.484 e. The topological polar surface area (TPSA) is 59.6 Å². The first kappa shape index (κ1) is 12.8. The summed E-state index contributed by atoms with van der Waals surface area (Å²) in [5.41, 5.74) is 8.28. The molecular formula is C15H14ClN3O. The fraction of sp³-hybridized carbons (Fsp3) is 0.133. The van der Waals surface area contributed by atoms with Crippen molar-refractivity contribution in [3.8, 4) is 5.75 Å². The zero-order valence-electron chi connectivity index (χ0n) is 10.8. The molecule has 20 heavy (non-hydrogen) atoms. The number of ether oxygens (including phenoxy) is 1. The number of hydrogen-bond acceptors (Lipinski definition) is 3. The number of rotatable bonds is 2. The number of nitrogen functional groups attached to an aromatic ring is 1. The Morgan fingerprint density at radius 1 is 1.25 bits per heavy atom. The summed E-state index contributed by atoms with van der Waals surface area (Å²) in [5.74, 6) is 1.55. The van der Waals surface area contributed by atoms with Gasteiger partial charge in [-0.3, -0.25) is 4.99 Å². The van der Waals surface area contributed by atoms with E-state index in [2.05, 4.69) is 10.3 Å². The first-order valence-electron chi connectivity index (χ1n) is 6.28. The molecule has 0 bridgehead atoms. The van der Waals surface area contributed by atoms with Crippen LogP contribution in [-0.4, -0.2) is 12.4 Å². The van der Waals surface area contributed by atoms with E-state index in [0.29, 0.717) is 18.8 Å². The first-order chi connectivity index (χ1) is 9.72.